The molecule has 0 spiro atoms. The number of hydrogen-bond acceptors (Lipinski definition) is 5. The molecule has 0 radical (unpaired) electrons. The van der Waals surface area contributed by atoms with Gasteiger partial charge >= 0.3 is 11.7 Å². The van der Waals surface area contributed by atoms with Crippen LogP contribution in [0.25, 0.3) is 11.2 Å². The highest BCUT2D eigenvalue weighted by Gasteiger charge is 2.18. The van der Waals surface area contributed by atoms with Gasteiger partial charge in [-0.3, -0.25) is 18.7 Å². The van der Waals surface area contributed by atoms with Crippen LogP contribution in [0.2, 0.25) is 0 Å². The third-order valence-electron chi connectivity index (χ3n) is 3.41. The van der Waals surface area contributed by atoms with Gasteiger partial charge in [-0.1, -0.05) is 6.92 Å². The highest BCUT2D eigenvalue weighted by Crippen LogP contribution is 2.13. The Morgan fingerprint density at radius 1 is 1.38 bits per heavy atom. The summed E-state index contributed by atoms with van der Waals surface area (Å²) < 4.78 is 2.26. The Hall–Kier alpha value is -2.58. The van der Waals surface area contributed by atoms with Crippen molar-refractivity contribution in [3.63, 3.8) is 0 Å². The molecule has 0 saturated carbocycles. The van der Waals surface area contributed by atoms with E-state index < -0.39 is 23.1 Å². The maximum Gasteiger partial charge on any atom is 0.332 e. The Bertz CT molecular complexity index is 815. The normalized spacial score (nSPS) is 12.6. The second-order valence-electron chi connectivity index (χ2n) is 5.08. The Morgan fingerprint density at radius 3 is 2.57 bits per heavy atom. The second kappa shape index (κ2) is 5.08. The molecule has 2 rings (SSSR count). The first kappa shape index (κ1) is 14.8. The smallest absolute Gasteiger partial charge is 0.332 e. The monoisotopic (exact) mass is 295 g/mol. The van der Waals surface area contributed by atoms with Crippen molar-refractivity contribution in [3.8, 4) is 0 Å². The van der Waals surface area contributed by atoms with Crippen LogP contribution in [-0.2, 0) is 18.9 Å². The minimum Gasteiger partial charge on any atom is -0.481 e. The fourth-order valence-corrected chi connectivity index (χ4v) is 2.07. The van der Waals surface area contributed by atoms with E-state index in [1.807, 2.05) is 0 Å². The maximum absolute atomic E-state index is 12.0. The van der Waals surface area contributed by atoms with Gasteiger partial charge in [-0.2, -0.15) is 4.98 Å². The van der Waals surface area contributed by atoms with E-state index in [2.05, 4.69) is 9.97 Å². The molecule has 1 unspecified atom stereocenters. The van der Waals surface area contributed by atoms with Gasteiger partial charge in [0.05, 0.1) is 5.92 Å². The van der Waals surface area contributed by atoms with Gasteiger partial charge in [0.25, 0.3) is 5.56 Å². The number of carboxylic acid groups (broad SMARTS) is 1. The molecule has 2 N–H and O–H groups in total. The van der Waals surface area contributed by atoms with Crippen molar-refractivity contribution in [2.45, 2.75) is 6.92 Å². The van der Waals surface area contributed by atoms with Crippen LogP contribution in [0.5, 0.6) is 0 Å². The summed E-state index contributed by atoms with van der Waals surface area (Å²) in [7, 11) is 4.58. The summed E-state index contributed by atoms with van der Waals surface area (Å²) in [5.41, 5.74) is -0.476. The van der Waals surface area contributed by atoms with Crippen LogP contribution in [-0.4, -0.2) is 43.8 Å². The van der Waals surface area contributed by atoms with Crippen LogP contribution in [0.1, 0.15) is 6.92 Å². The number of carbonyl (C=O) groups is 1. The number of anilines is 1. The van der Waals surface area contributed by atoms with E-state index in [0.29, 0.717) is 5.95 Å². The quantitative estimate of drug-likeness (QED) is 0.757. The molecule has 2 aromatic heterocycles. The lowest BCUT2D eigenvalue weighted by atomic mass is 10.2. The van der Waals surface area contributed by atoms with Crippen molar-refractivity contribution < 1.29 is 9.90 Å². The molecule has 0 saturated heterocycles. The zero-order valence-corrected chi connectivity index (χ0v) is 12.2. The van der Waals surface area contributed by atoms with Crippen molar-refractivity contribution in [1.29, 1.82) is 0 Å². The van der Waals surface area contributed by atoms with Crippen molar-refractivity contribution >= 4 is 23.1 Å². The molecule has 0 amide bonds. The number of H-pyrrole nitrogens is 1. The Balaban J connectivity index is 2.51. The van der Waals surface area contributed by atoms with Crippen LogP contribution < -0.4 is 16.1 Å². The number of rotatable bonds is 4. The number of aliphatic carboxylic acids is 1. The summed E-state index contributed by atoms with van der Waals surface area (Å²) in [6.07, 6.45) is 0. The molecule has 0 aromatic carbocycles. The largest absolute Gasteiger partial charge is 0.481 e. The minimum absolute atomic E-state index is 0.212. The molecule has 0 fully saturated rings. The molecule has 2 heterocycles. The fourth-order valence-electron chi connectivity index (χ4n) is 2.07. The first-order valence-electron chi connectivity index (χ1n) is 6.33. The Labute approximate surface area is 119 Å². The average molecular weight is 295 g/mol. The van der Waals surface area contributed by atoms with Gasteiger partial charge in [-0.15, -0.1) is 0 Å². The van der Waals surface area contributed by atoms with Gasteiger partial charge in [0.2, 0.25) is 5.95 Å². The van der Waals surface area contributed by atoms with Crippen molar-refractivity contribution in [3.05, 3.63) is 20.8 Å². The van der Waals surface area contributed by atoms with E-state index in [1.54, 1.807) is 18.9 Å². The number of carboxylic acids is 1. The molecule has 0 aliphatic carbocycles. The third-order valence-corrected chi connectivity index (χ3v) is 3.41. The lowest BCUT2D eigenvalue weighted by molar-refractivity contribution is -0.140. The van der Waals surface area contributed by atoms with Crippen molar-refractivity contribution in [1.82, 2.24) is 19.1 Å². The Morgan fingerprint density at radius 2 is 2.00 bits per heavy atom. The molecule has 2 aromatic rings. The predicted octanol–water partition coefficient (Wildman–Crippen LogP) is -0.883. The number of aryl methyl sites for hydroxylation is 1. The summed E-state index contributed by atoms with van der Waals surface area (Å²) in [6, 6.07) is 0. The number of hydrogen-bond donors (Lipinski definition) is 2. The highest BCUT2D eigenvalue weighted by molar-refractivity contribution is 5.73. The highest BCUT2D eigenvalue weighted by atomic mass is 16.4. The van der Waals surface area contributed by atoms with Crippen LogP contribution in [0.4, 0.5) is 5.95 Å². The number of imidazole rings is 1. The first-order chi connectivity index (χ1) is 9.73. The predicted molar refractivity (Wildman–Crippen MR) is 76.6 cm³/mol. The number of aromatic nitrogens is 4. The van der Waals surface area contributed by atoms with Crippen LogP contribution in [0, 0.1) is 5.92 Å². The molecule has 1 atom stereocenters. The molecule has 9 heteroatoms. The van der Waals surface area contributed by atoms with Gasteiger partial charge in [0.1, 0.15) is 0 Å². The average Bonchev–Trinajstić information content (AvgIpc) is 2.88. The van der Waals surface area contributed by atoms with Crippen LogP contribution in [0.15, 0.2) is 9.59 Å². The van der Waals surface area contributed by atoms with E-state index in [4.69, 9.17) is 5.11 Å². The molecule has 114 valence electrons. The lowest BCUT2D eigenvalue weighted by Gasteiger charge is -2.17. The van der Waals surface area contributed by atoms with Crippen LogP contribution in [0.3, 0.4) is 0 Å². The SMILES string of the molecule is CC(CN(C)c1nc2c([nH]1)c(=O)n(C)c(=O)n2C)C(=O)O. The van der Waals surface area contributed by atoms with Crippen LogP contribution >= 0.6 is 0 Å². The van der Waals surface area contributed by atoms with E-state index in [-0.39, 0.29) is 17.7 Å². The summed E-state index contributed by atoms with van der Waals surface area (Å²) in [5, 5.41) is 8.92. The van der Waals surface area contributed by atoms with Crippen molar-refractivity contribution in [2.75, 3.05) is 18.5 Å². The molecule has 21 heavy (non-hydrogen) atoms. The molecule has 0 bridgehead atoms. The lowest BCUT2D eigenvalue weighted by Crippen LogP contribution is -2.36. The zero-order valence-electron chi connectivity index (χ0n) is 12.2. The molecule has 0 aliphatic heterocycles. The molecule has 9 nitrogen and oxygen atoms in total. The van der Waals surface area contributed by atoms with Gasteiger partial charge in [-0.05, 0) is 0 Å². The summed E-state index contributed by atoms with van der Waals surface area (Å²) in [6.45, 7) is 1.81. The van der Waals surface area contributed by atoms with E-state index >= 15 is 0 Å². The third kappa shape index (κ3) is 2.41. The fraction of sp³-hybridized carbons (Fsp3) is 0.500. The van der Waals surface area contributed by atoms with Gasteiger partial charge in [0, 0.05) is 27.7 Å². The minimum atomic E-state index is -0.915. The number of aromatic amines is 1. The van der Waals surface area contributed by atoms with Gasteiger partial charge < -0.3 is 15.0 Å². The van der Waals surface area contributed by atoms with E-state index in [9.17, 15) is 14.4 Å². The van der Waals surface area contributed by atoms with Gasteiger partial charge in [-0.25, -0.2) is 4.79 Å². The first-order valence-corrected chi connectivity index (χ1v) is 6.33. The number of nitrogens with one attached hydrogen (secondary N) is 1. The second-order valence-corrected chi connectivity index (χ2v) is 5.08. The Kier molecular flexibility index (Phi) is 3.58. The van der Waals surface area contributed by atoms with E-state index in [1.165, 1.54) is 18.7 Å². The summed E-state index contributed by atoms with van der Waals surface area (Å²) >= 11 is 0. The zero-order chi connectivity index (χ0) is 15.9. The number of nitrogens with zero attached hydrogens (tertiary/aromatic N) is 4. The molecular weight excluding hydrogens is 278 g/mol. The number of fused-ring (bicyclic) bond motifs is 1. The van der Waals surface area contributed by atoms with Gasteiger partial charge in [0.15, 0.2) is 11.2 Å². The van der Waals surface area contributed by atoms with Crippen molar-refractivity contribution in [2.24, 2.45) is 20.0 Å². The molecule has 0 aliphatic rings. The summed E-state index contributed by atoms with van der Waals surface area (Å²) in [4.78, 5) is 43.4. The topological polar surface area (TPSA) is 113 Å². The standard InChI is InChI=1S/C12H17N5O4/c1-6(10(19)20)5-15(2)11-13-7-8(14-11)16(3)12(21)17(4)9(7)18/h6H,5H2,1-4H3,(H,13,14)(H,19,20). The maximum atomic E-state index is 12.0. The summed E-state index contributed by atoms with van der Waals surface area (Å²) in [5.74, 6) is -1.16. The van der Waals surface area contributed by atoms with E-state index in [0.717, 1.165) is 4.57 Å². The molecular formula is C12H17N5O4.